The topological polar surface area (TPSA) is 67.4 Å². The summed E-state index contributed by atoms with van der Waals surface area (Å²) in [5.41, 5.74) is 1.42. The van der Waals surface area contributed by atoms with Crippen LogP contribution in [-0.4, -0.2) is 18.2 Å². The van der Waals surface area contributed by atoms with Crippen LogP contribution >= 0.6 is 0 Å². The van der Waals surface area contributed by atoms with Crippen molar-refractivity contribution in [2.24, 2.45) is 0 Å². The van der Waals surface area contributed by atoms with Gasteiger partial charge in [0.1, 0.15) is 5.75 Å². The molecule has 0 aliphatic carbocycles. The summed E-state index contributed by atoms with van der Waals surface area (Å²) in [5, 5.41) is 5.53. The van der Waals surface area contributed by atoms with Gasteiger partial charge in [0, 0.05) is 6.92 Å². The molecule has 0 saturated heterocycles. The Morgan fingerprint density at radius 3 is 2.11 bits per heavy atom. The second kappa shape index (κ2) is 9.25. The molecule has 0 aliphatic rings. The van der Waals surface area contributed by atoms with Gasteiger partial charge in [0.2, 0.25) is 11.8 Å². The zero-order valence-corrected chi connectivity index (χ0v) is 15.4. The van der Waals surface area contributed by atoms with E-state index in [0.717, 1.165) is 5.56 Å². The average molecular weight is 394 g/mol. The van der Waals surface area contributed by atoms with Gasteiger partial charge < -0.3 is 15.4 Å². The molecule has 150 valence electrons. The van der Waals surface area contributed by atoms with Crippen LogP contribution in [0, 0.1) is 0 Å². The monoisotopic (exact) mass is 394 g/mol. The highest BCUT2D eigenvalue weighted by molar-refractivity contribution is 5.79. The number of rotatable bonds is 7. The molecule has 2 atom stereocenters. The third kappa shape index (κ3) is 6.94. The van der Waals surface area contributed by atoms with E-state index in [4.69, 9.17) is 0 Å². The lowest BCUT2D eigenvalue weighted by molar-refractivity contribution is -0.274. The third-order valence-corrected chi connectivity index (χ3v) is 3.96. The molecule has 0 heterocycles. The van der Waals surface area contributed by atoms with Crippen molar-refractivity contribution in [1.29, 1.82) is 0 Å². The smallest absolute Gasteiger partial charge is 0.406 e. The van der Waals surface area contributed by atoms with E-state index in [0.29, 0.717) is 5.56 Å². The van der Waals surface area contributed by atoms with Gasteiger partial charge in [0.25, 0.3) is 0 Å². The van der Waals surface area contributed by atoms with Gasteiger partial charge in [-0.1, -0.05) is 42.5 Å². The van der Waals surface area contributed by atoms with Gasteiger partial charge in [-0.05, 0) is 30.2 Å². The van der Waals surface area contributed by atoms with Crippen LogP contribution < -0.4 is 15.4 Å². The van der Waals surface area contributed by atoms with Crippen LogP contribution in [0.2, 0.25) is 0 Å². The third-order valence-electron chi connectivity index (χ3n) is 3.96. The summed E-state index contributed by atoms with van der Waals surface area (Å²) in [6.45, 7) is 3.09. The van der Waals surface area contributed by atoms with E-state index in [1.807, 2.05) is 30.3 Å². The van der Waals surface area contributed by atoms with Crippen LogP contribution in [0.25, 0.3) is 0 Å². The predicted molar refractivity (Wildman–Crippen MR) is 97.3 cm³/mol. The molecule has 28 heavy (non-hydrogen) atoms. The Hall–Kier alpha value is -3.03. The summed E-state index contributed by atoms with van der Waals surface area (Å²) in [5.74, 6) is -0.884. The van der Waals surface area contributed by atoms with Crippen molar-refractivity contribution in [3.05, 3.63) is 65.7 Å². The Morgan fingerprint density at radius 1 is 0.964 bits per heavy atom. The van der Waals surface area contributed by atoms with E-state index in [1.54, 1.807) is 6.92 Å². The van der Waals surface area contributed by atoms with Gasteiger partial charge >= 0.3 is 6.36 Å². The minimum atomic E-state index is -4.75. The number of benzene rings is 2. The van der Waals surface area contributed by atoms with Crippen LogP contribution in [0.4, 0.5) is 13.2 Å². The summed E-state index contributed by atoms with van der Waals surface area (Å²) < 4.78 is 40.5. The second-order valence-corrected chi connectivity index (χ2v) is 6.27. The highest BCUT2D eigenvalue weighted by Crippen LogP contribution is 2.24. The van der Waals surface area contributed by atoms with Gasteiger partial charge in [-0.25, -0.2) is 0 Å². The molecule has 2 aromatic rings. The molecule has 8 heteroatoms. The van der Waals surface area contributed by atoms with Crippen molar-refractivity contribution in [1.82, 2.24) is 10.6 Å². The van der Waals surface area contributed by atoms with E-state index < -0.39 is 18.4 Å². The van der Waals surface area contributed by atoms with E-state index in [2.05, 4.69) is 15.4 Å². The van der Waals surface area contributed by atoms with Crippen LogP contribution in [0.3, 0.4) is 0 Å². The number of nitrogens with one attached hydrogen (secondary N) is 2. The molecule has 5 nitrogen and oxygen atoms in total. The molecular formula is C20H21F3N2O3. The highest BCUT2D eigenvalue weighted by atomic mass is 19.4. The number of carbonyl (C=O) groups is 2. The number of hydrogen-bond donors (Lipinski definition) is 2. The number of hydrogen-bond acceptors (Lipinski definition) is 3. The standard InChI is InChI=1S/C20H21F3N2O3/c1-13(15-8-10-17(11-9-15)28-20(21,22)23)24-19(27)12-18(25-14(2)26)16-6-4-3-5-7-16/h3-11,13,18H,12H2,1-2H3,(H,24,27)(H,25,26). The molecular weight excluding hydrogens is 373 g/mol. The second-order valence-electron chi connectivity index (χ2n) is 6.27. The maximum Gasteiger partial charge on any atom is 0.573 e. The first kappa shape index (κ1) is 21.3. The Balaban J connectivity index is 1.99. The summed E-state index contributed by atoms with van der Waals surface area (Å²) in [7, 11) is 0. The molecule has 2 amide bonds. The molecule has 0 saturated carbocycles. The quantitative estimate of drug-likeness (QED) is 0.745. The van der Waals surface area contributed by atoms with Gasteiger partial charge in [-0.2, -0.15) is 0 Å². The molecule has 0 radical (unpaired) electrons. The number of ether oxygens (including phenoxy) is 1. The first-order valence-electron chi connectivity index (χ1n) is 8.61. The molecule has 0 bridgehead atoms. The Bertz CT molecular complexity index is 793. The van der Waals surface area contributed by atoms with Crippen molar-refractivity contribution < 1.29 is 27.5 Å². The van der Waals surface area contributed by atoms with Crippen molar-refractivity contribution in [2.45, 2.75) is 38.7 Å². The molecule has 0 spiro atoms. The molecule has 0 aromatic heterocycles. The molecule has 2 rings (SSSR count). The van der Waals surface area contributed by atoms with Crippen molar-refractivity contribution in [3.8, 4) is 5.75 Å². The van der Waals surface area contributed by atoms with Crippen LogP contribution in [-0.2, 0) is 9.59 Å². The van der Waals surface area contributed by atoms with E-state index in [1.165, 1.54) is 31.2 Å². The van der Waals surface area contributed by atoms with Crippen LogP contribution in [0.5, 0.6) is 5.75 Å². The fourth-order valence-electron chi connectivity index (χ4n) is 2.71. The van der Waals surface area contributed by atoms with E-state index >= 15 is 0 Å². The van der Waals surface area contributed by atoms with Crippen molar-refractivity contribution in [3.63, 3.8) is 0 Å². The molecule has 0 fully saturated rings. The largest absolute Gasteiger partial charge is 0.573 e. The zero-order chi connectivity index (χ0) is 20.7. The lowest BCUT2D eigenvalue weighted by Crippen LogP contribution is -2.33. The lowest BCUT2D eigenvalue weighted by atomic mass is 10.0. The Morgan fingerprint density at radius 2 is 1.57 bits per heavy atom. The number of amides is 2. The molecule has 2 aromatic carbocycles. The Labute approximate surface area is 160 Å². The van der Waals surface area contributed by atoms with E-state index in [-0.39, 0.29) is 24.0 Å². The van der Waals surface area contributed by atoms with Crippen LogP contribution in [0.15, 0.2) is 54.6 Å². The minimum Gasteiger partial charge on any atom is -0.406 e. The van der Waals surface area contributed by atoms with Gasteiger partial charge in [0.05, 0.1) is 18.5 Å². The van der Waals surface area contributed by atoms with Gasteiger partial charge in [-0.3, -0.25) is 9.59 Å². The zero-order valence-electron chi connectivity index (χ0n) is 15.4. The number of alkyl halides is 3. The molecule has 2 unspecified atom stereocenters. The maximum absolute atomic E-state index is 12.4. The van der Waals surface area contributed by atoms with Crippen molar-refractivity contribution in [2.75, 3.05) is 0 Å². The van der Waals surface area contributed by atoms with E-state index in [9.17, 15) is 22.8 Å². The predicted octanol–water partition coefficient (Wildman–Crippen LogP) is 4.03. The fourth-order valence-corrected chi connectivity index (χ4v) is 2.71. The summed E-state index contributed by atoms with van der Waals surface area (Å²) in [4.78, 5) is 23.9. The SMILES string of the molecule is CC(=O)NC(CC(=O)NC(C)c1ccc(OC(F)(F)F)cc1)c1ccccc1. The summed E-state index contributed by atoms with van der Waals surface area (Å²) in [6.07, 6.45) is -4.72. The van der Waals surface area contributed by atoms with Gasteiger partial charge in [-0.15, -0.1) is 13.2 Å². The normalized spacial score (nSPS) is 13.3. The minimum absolute atomic E-state index is 0.0310. The van der Waals surface area contributed by atoms with Gasteiger partial charge in [0.15, 0.2) is 0 Å². The maximum atomic E-state index is 12.4. The summed E-state index contributed by atoms with van der Waals surface area (Å²) >= 11 is 0. The first-order valence-corrected chi connectivity index (χ1v) is 8.61. The number of halogens is 3. The van der Waals surface area contributed by atoms with Crippen LogP contribution in [0.1, 0.15) is 43.5 Å². The lowest BCUT2D eigenvalue weighted by Gasteiger charge is -2.20. The molecule has 2 N–H and O–H groups in total. The number of carbonyl (C=O) groups excluding carboxylic acids is 2. The average Bonchev–Trinajstić information content (AvgIpc) is 2.60. The Kier molecular flexibility index (Phi) is 7.03. The summed E-state index contributed by atoms with van der Waals surface area (Å²) in [6, 6.07) is 13.5. The molecule has 0 aliphatic heterocycles. The van der Waals surface area contributed by atoms with Crippen molar-refractivity contribution >= 4 is 11.8 Å². The highest BCUT2D eigenvalue weighted by Gasteiger charge is 2.31. The fraction of sp³-hybridized carbons (Fsp3) is 0.300. The first-order chi connectivity index (χ1) is 13.1.